The van der Waals surface area contributed by atoms with Crippen LogP contribution < -0.4 is 0 Å². The van der Waals surface area contributed by atoms with Gasteiger partial charge in [0.2, 0.25) is 23.3 Å². The molecule has 2 saturated heterocycles. The van der Waals surface area contributed by atoms with Gasteiger partial charge in [0, 0.05) is 23.9 Å². The van der Waals surface area contributed by atoms with Gasteiger partial charge < -0.3 is 14.2 Å². The number of aromatic nitrogens is 2. The minimum Gasteiger partial charge on any atom is -0.421 e. The molecule has 2 atom stereocenters. The fraction of sp³-hybridized carbons (Fsp3) is 0.727. The number of Topliss-reactive ketones (excluding diaryl/α,β-unsaturated/α-hetero) is 2. The molecule has 0 aliphatic carbocycles. The van der Waals surface area contributed by atoms with Crippen molar-refractivity contribution >= 4 is 23.4 Å². The molecule has 2 unspecified atom stereocenters. The molecule has 0 bridgehead atoms. The van der Waals surface area contributed by atoms with Crippen molar-refractivity contribution in [1.82, 2.24) is 20.0 Å². The molecule has 2 aliphatic rings. The quantitative estimate of drug-likeness (QED) is 0.672. The summed E-state index contributed by atoms with van der Waals surface area (Å²) in [5, 5.41) is 8.28. The SMILES string of the molecule is CC(C)(C)C(=O)C(=O)N1CCCC1c1nnc(C2CCCN2C(=O)C(=O)C(C)(C)C)o1. The number of ketones is 2. The molecule has 9 heteroatoms. The van der Waals surface area contributed by atoms with Crippen molar-refractivity contribution in [1.29, 1.82) is 0 Å². The first-order valence-electron chi connectivity index (χ1n) is 10.9. The van der Waals surface area contributed by atoms with Crippen molar-refractivity contribution in [2.75, 3.05) is 13.1 Å². The number of hydrogen-bond donors (Lipinski definition) is 0. The second-order valence-electron chi connectivity index (χ2n) is 10.4. The van der Waals surface area contributed by atoms with Crippen molar-refractivity contribution in [2.24, 2.45) is 10.8 Å². The van der Waals surface area contributed by atoms with Crippen LogP contribution in [-0.2, 0) is 19.2 Å². The first-order valence-corrected chi connectivity index (χ1v) is 10.9. The maximum atomic E-state index is 12.7. The Kier molecular flexibility index (Phi) is 6.08. The summed E-state index contributed by atoms with van der Waals surface area (Å²) in [6.45, 7) is 11.2. The minimum absolute atomic E-state index is 0.268. The van der Waals surface area contributed by atoms with Crippen molar-refractivity contribution in [3.8, 4) is 0 Å². The Balaban J connectivity index is 1.79. The van der Waals surface area contributed by atoms with E-state index in [9.17, 15) is 19.2 Å². The summed E-state index contributed by atoms with van der Waals surface area (Å²) in [6, 6.07) is -0.913. The first kappa shape index (κ1) is 23.1. The van der Waals surface area contributed by atoms with Crippen LogP contribution in [0.1, 0.15) is 91.1 Å². The first-order chi connectivity index (χ1) is 14.3. The van der Waals surface area contributed by atoms with E-state index in [-0.39, 0.29) is 11.8 Å². The van der Waals surface area contributed by atoms with Crippen LogP contribution in [0.2, 0.25) is 0 Å². The molecular formula is C22H32N4O5. The zero-order chi connectivity index (χ0) is 23.1. The van der Waals surface area contributed by atoms with Crippen LogP contribution in [0.4, 0.5) is 0 Å². The molecule has 170 valence electrons. The molecule has 1 aromatic heterocycles. The van der Waals surface area contributed by atoms with Crippen LogP contribution >= 0.6 is 0 Å². The lowest BCUT2D eigenvalue weighted by Crippen LogP contribution is -2.41. The molecule has 9 nitrogen and oxygen atoms in total. The molecule has 0 N–H and O–H groups in total. The lowest BCUT2D eigenvalue weighted by atomic mass is 9.90. The number of rotatable bonds is 4. The molecule has 0 radical (unpaired) electrons. The zero-order valence-corrected chi connectivity index (χ0v) is 19.2. The van der Waals surface area contributed by atoms with Crippen molar-refractivity contribution < 1.29 is 23.6 Å². The van der Waals surface area contributed by atoms with Gasteiger partial charge in [0.25, 0.3) is 11.8 Å². The van der Waals surface area contributed by atoms with E-state index in [0.717, 1.165) is 12.8 Å². The molecule has 3 rings (SSSR count). The number of carbonyl (C=O) groups excluding carboxylic acids is 4. The summed E-state index contributed by atoms with van der Waals surface area (Å²) >= 11 is 0. The number of hydrogen-bond acceptors (Lipinski definition) is 7. The highest BCUT2D eigenvalue weighted by atomic mass is 16.4. The number of carbonyl (C=O) groups is 4. The lowest BCUT2D eigenvalue weighted by molar-refractivity contribution is -0.149. The fourth-order valence-electron chi connectivity index (χ4n) is 3.95. The molecule has 0 spiro atoms. The average molecular weight is 433 g/mol. The molecule has 0 saturated carbocycles. The molecule has 0 aromatic carbocycles. The second-order valence-corrected chi connectivity index (χ2v) is 10.4. The minimum atomic E-state index is -0.769. The predicted molar refractivity (Wildman–Crippen MR) is 111 cm³/mol. The zero-order valence-electron chi connectivity index (χ0n) is 19.2. The average Bonchev–Trinajstić information content (AvgIpc) is 3.42. The van der Waals surface area contributed by atoms with Gasteiger partial charge in [-0.25, -0.2) is 0 Å². The molecule has 2 amide bonds. The Morgan fingerprint density at radius 1 is 0.742 bits per heavy atom. The van der Waals surface area contributed by atoms with Crippen molar-refractivity contribution in [2.45, 2.75) is 79.3 Å². The van der Waals surface area contributed by atoms with Gasteiger partial charge in [0.1, 0.15) is 12.1 Å². The van der Waals surface area contributed by atoms with Gasteiger partial charge in [-0.05, 0) is 25.7 Å². The summed E-state index contributed by atoms with van der Waals surface area (Å²) in [5.41, 5.74) is -1.54. The predicted octanol–water partition coefficient (Wildman–Crippen LogP) is 2.63. The van der Waals surface area contributed by atoms with E-state index in [0.29, 0.717) is 25.9 Å². The highest BCUT2D eigenvalue weighted by molar-refractivity contribution is 6.38. The highest BCUT2D eigenvalue weighted by Gasteiger charge is 2.42. The van der Waals surface area contributed by atoms with Crippen molar-refractivity contribution in [3.05, 3.63) is 11.8 Å². The molecular weight excluding hydrogens is 400 g/mol. The maximum absolute atomic E-state index is 12.7. The van der Waals surface area contributed by atoms with E-state index in [1.165, 1.54) is 9.80 Å². The van der Waals surface area contributed by atoms with Gasteiger partial charge in [-0.2, -0.15) is 0 Å². The molecule has 2 fully saturated rings. The lowest BCUT2D eigenvalue weighted by Gasteiger charge is -2.26. The van der Waals surface area contributed by atoms with Gasteiger partial charge in [0.15, 0.2) is 0 Å². The number of nitrogens with zero attached hydrogens (tertiary/aromatic N) is 4. The van der Waals surface area contributed by atoms with Crippen LogP contribution in [0.3, 0.4) is 0 Å². The van der Waals surface area contributed by atoms with Gasteiger partial charge in [0.05, 0.1) is 0 Å². The third-order valence-electron chi connectivity index (χ3n) is 5.80. The van der Waals surface area contributed by atoms with E-state index >= 15 is 0 Å². The number of amides is 2. The van der Waals surface area contributed by atoms with E-state index in [1.807, 2.05) is 0 Å². The van der Waals surface area contributed by atoms with E-state index in [4.69, 9.17) is 4.42 Å². The summed E-state index contributed by atoms with van der Waals surface area (Å²) in [6.07, 6.45) is 2.72. The van der Waals surface area contributed by atoms with Gasteiger partial charge in [-0.3, -0.25) is 19.2 Å². The Morgan fingerprint density at radius 3 is 1.42 bits per heavy atom. The van der Waals surface area contributed by atoms with Crippen LogP contribution in [0.15, 0.2) is 4.42 Å². The molecule has 3 heterocycles. The Hall–Kier alpha value is -2.58. The summed E-state index contributed by atoms with van der Waals surface area (Å²) in [4.78, 5) is 53.4. The van der Waals surface area contributed by atoms with Gasteiger partial charge in [-0.15, -0.1) is 10.2 Å². The standard InChI is InChI=1S/C22H32N4O5/c1-21(2,3)15(27)19(29)25-11-7-9-13(25)17-23-24-18(31-17)14-10-8-12-26(14)20(30)16(28)22(4,5)6/h13-14H,7-12H2,1-6H3. The topological polar surface area (TPSA) is 114 Å². The summed E-state index contributed by atoms with van der Waals surface area (Å²) < 4.78 is 5.91. The van der Waals surface area contributed by atoms with E-state index in [2.05, 4.69) is 10.2 Å². The third kappa shape index (κ3) is 4.55. The van der Waals surface area contributed by atoms with Crippen LogP contribution in [0.5, 0.6) is 0 Å². The Bertz CT molecular complexity index is 822. The second kappa shape index (κ2) is 8.16. The Morgan fingerprint density at radius 2 is 1.10 bits per heavy atom. The number of likely N-dealkylation sites (tertiary alicyclic amines) is 2. The van der Waals surface area contributed by atoms with Crippen LogP contribution in [-0.4, -0.2) is 56.5 Å². The molecule has 2 aliphatic heterocycles. The van der Waals surface area contributed by atoms with Crippen molar-refractivity contribution in [3.63, 3.8) is 0 Å². The van der Waals surface area contributed by atoms with E-state index in [1.54, 1.807) is 41.5 Å². The van der Waals surface area contributed by atoms with E-state index < -0.39 is 46.3 Å². The summed E-state index contributed by atoms with van der Waals surface area (Å²) in [7, 11) is 0. The monoisotopic (exact) mass is 432 g/mol. The highest BCUT2D eigenvalue weighted by Crippen LogP contribution is 2.36. The van der Waals surface area contributed by atoms with Gasteiger partial charge >= 0.3 is 0 Å². The maximum Gasteiger partial charge on any atom is 0.291 e. The molecule has 31 heavy (non-hydrogen) atoms. The molecule has 1 aromatic rings. The largest absolute Gasteiger partial charge is 0.421 e. The third-order valence-corrected chi connectivity index (χ3v) is 5.80. The Labute approximate surface area is 182 Å². The summed E-state index contributed by atoms with van der Waals surface area (Å²) in [5.74, 6) is -1.45. The van der Waals surface area contributed by atoms with Crippen LogP contribution in [0, 0.1) is 10.8 Å². The smallest absolute Gasteiger partial charge is 0.291 e. The fourth-order valence-corrected chi connectivity index (χ4v) is 3.95. The normalized spacial score (nSPS) is 22.1. The van der Waals surface area contributed by atoms with Crippen LogP contribution in [0.25, 0.3) is 0 Å². The van der Waals surface area contributed by atoms with Gasteiger partial charge in [-0.1, -0.05) is 41.5 Å².